The molecule has 2 fully saturated rings. The summed E-state index contributed by atoms with van der Waals surface area (Å²) in [5.41, 5.74) is 3.44. The Kier molecular flexibility index (Phi) is 8.26. The fourth-order valence-electron chi connectivity index (χ4n) is 6.63. The molecule has 0 bridgehead atoms. The second-order valence-electron chi connectivity index (χ2n) is 13.8. The van der Waals surface area contributed by atoms with Gasteiger partial charge in [-0.25, -0.2) is 4.52 Å². The van der Waals surface area contributed by atoms with Crippen LogP contribution in [0.3, 0.4) is 0 Å². The van der Waals surface area contributed by atoms with Gasteiger partial charge in [-0.1, -0.05) is 27.7 Å². The Bertz CT molecular complexity index is 1670. The van der Waals surface area contributed by atoms with Gasteiger partial charge in [0.15, 0.2) is 5.65 Å². The van der Waals surface area contributed by atoms with Crippen molar-refractivity contribution in [3.63, 3.8) is 0 Å². The van der Waals surface area contributed by atoms with Crippen LogP contribution in [-0.2, 0) is 23.3 Å². The maximum atomic E-state index is 13.1. The molecule has 13 heteroatoms. The van der Waals surface area contributed by atoms with Gasteiger partial charge in [-0.15, -0.1) is 5.10 Å². The van der Waals surface area contributed by atoms with Gasteiger partial charge in [-0.3, -0.25) is 14.2 Å². The van der Waals surface area contributed by atoms with Crippen LogP contribution in [-0.4, -0.2) is 95.7 Å². The molecule has 238 valence electrons. The molecular weight excluding hydrogens is 568 g/mol. The van der Waals surface area contributed by atoms with E-state index in [-0.39, 0.29) is 23.4 Å². The smallest absolute Gasteiger partial charge is 0.247 e. The predicted octanol–water partition coefficient (Wildman–Crippen LogP) is 3.53. The Hall–Kier alpha value is -4.44. The van der Waals surface area contributed by atoms with E-state index in [9.17, 15) is 10.1 Å². The number of nitrogens with one attached hydrogen (secondary N) is 1. The molecule has 0 aromatic carbocycles. The fourth-order valence-corrected chi connectivity index (χ4v) is 6.63. The van der Waals surface area contributed by atoms with Gasteiger partial charge in [0, 0.05) is 57.4 Å². The van der Waals surface area contributed by atoms with E-state index in [1.807, 2.05) is 40.3 Å². The van der Waals surface area contributed by atoms with Crippen molar-refractivity contribution in [1.82, 2.24) is 44.0 Å². The highest BCUT2D eigenvalue weighted by Gasteiger charge is 2.46. The first-order chi connectivity index (χ1) is 21.6. The van der Waals surface area contributed by atoms with Crippen LogP contribution in [0.2, 0.25) is 0 Å². The number of amides is 1. The Morgan fingerprint density at radius 1 is 1.18 bits per heavy atom. The summed E-state index contributed by atoms with van der Waals surface area (Å²) >= 11 is 0. The lowest BCUT2D eigenvalue weighted by Gasteiger charge is -2.50. The zero-order chi connectivity index (χ0) is 31.8. The maximum Gasteiger partial charge on any atom is 0.247 e. The van der Waals surface area contributed by atoms with Crippen molar-refractivity contribution in [2.24, 2.45) is 5.41 Å². The number of likely N-dealkylation sites (tertiary alicyclic amines) is 1. The Morgan fingerprint density at radius 2 is 1.96 bits per heavy atom. The minimum Gasteiger partial charge on any atom is -0.363 e. The number of nitrogens with zero attached hydrogens (tertiary/aromatic N) is 11. The van der Waals surface area contributed by atoms with E-state index in [0.717, 1.165) is 55.8 Å². The van der Waals surface area contributed by atoms with E-state index >= 15 is 0 Å². The molecule has 0 atom stereocenters. The van der Waals surface area contributed by atoms with Crippen molar-refractivity contribution in [3.05, 3.63) is 48.7 Å². The van der Waals surface area contributed by atoms with E-state index in [4.69, 9.17) is 4.98 Å². The van der Waals surface area contributed by atoms with E-state index in [0.29, 0.717) is 37.2 Å². The number of anilines is 3. The van der Waals surface area contributed by atoms with Crippen molar-refractivity contribution in [1.29, 1.82) is 5.26 Å². The molecular formula is C32H44N12O. The lowest BCUT2D eigenvalue weighted by Crippen LogP contribution is -2.63. The van der Waals surface area contributed by atoms with E-state index in [2.05, 4.69) is 77.4 Å². The second-order valence-corrected chi connectivity index (χ2v) is 13.8. The molecule has 1 N–H and O–H groups in total. The molecule has 6 rings (SSSR count). The van der Waals surface area contributed by atoms with Gasteiger partial charge < -0.3 is 20.0 Å². The molecule has 2 aliphatic rings. The normalized spacial score (nSPS) is 17.1. The van der Waals surface area contributed by atoms with Crippen LogP contribution in [0, 0.1) is 16.7 Å². The lowest BCUT2D eigenvalue weighted by molar-refractivity contribution is -0.133. The summed E-state index contributed by atoms with van der Waals surface area (Å²) in [6, 6.07) is 6.85. The van der Waals surface area contributed by atoms with Crippen LogP contribution in [0.5, 0.6) is 0 Å². The predicted molar refractivity (Wildman–Crippen MR) is 172 cm³/mol. The second kappa shape index (κ2) is 12.2. The average Bonchev–Trinajstić information content (AvgIpc) is 3.74. The first-order valence-electron chi connectivity index (χ1n) is 15.8. The standard InChI is InChI=1S/C32H44N12O/c1-6-24-16-35-44(18-24)32(11-12-33)22-41(23-32)27-8-7-13-43-29(27)37-30(38-43)36-25-17-34-42(19-25)20-28(45)40-14-9-26(10-15-40)39(5)21-31(2,3)4/h7-8,13,16-19,26H,6,9-11,14-15,20-23H2,1-5H3,(H,36,38). The minimum absolute atomic E-state index is 0.0834. The van der Waals surface area contributed by atoms with E-state index in [1.54, 1.807) is 15.4 Å². The number of pyridine rings is 1. The highest BCUT2D eigenvalue weighted by molar-refractivity contribution is 5.76. The maximum absolute atomic E-state index is 13.1. The van der Waals surface area contributed by atoms with Gasteiger partial charge in [-0.05, 0) is 49.4 Å². The molecule has 0 unspecified atom stereocenters. The number of nitriles is 1. The van der Waals surface area contributed by atoms with Crippen molar-refractivity contribution >= 4 is 28.9 Å². The molecule has 0 saturated carbocycles. The number of piperidine rings is 1. The number of fused-ring (bicyclic) bond motifs is 1. The van der Waals surface area contributed by atoms with Crippen molar-refractivity contribution in [3.8, 4) is 6.07 Å². The fraction of sp³-hybridized carbons (Fsp3) is 0.562. The first kappa shape index (κ1) is 30.6. The highest BCUT2D eigenvalue weighted by Crippen LogP contribution is 2.37. The van der Waals surface area contributed by atoms with Gasteiger partial charge >= 0.3 is 0 Å². The summed E-state index contributed by atoms with van der Waals surface area (Å²) in [5, 5.41) is 26.4. The highest BCUT2D eigenvalue weighted by atomic mass is 16.2. The van der Waals surface area contributed by atoms with Crippen LogP contribution in [0.15, 0.2) is 43.1 Å². The number of carbonyl (C=O) groups is 1. The largest absolute Gasteiger partial charge is 0.363 e. The summed E-state index contributed by atoms with van der Waals surface area (Å²) in [7, 11) is 2.20. The molecule has 0 radical (unpaired) electrons. The quantitative estimate of drug-likeness (QED) is 0.286. The monoisotopic (exact) mass is 612 g/mol. The molecule has 4 aromatic rings. The van der Waals surface area contributed by atoms with Gasteiger partial charge in [0.2, 0.25) is 11.9 Å². The van der Waals surface area contributed by atoms with Crippen LogP contribution >= 0.6 is 0 Å². The third-order valence-corrected chi connectivity index (χ3v) is 8.94. The Balaban J connectivity index is 1.06. The zero-order valence-corrected chi connectivity index (χ0v) is 27.0. The summed E-state index contributed by atoms with van der Waals surface area (Å²) < 4.78 is 5.37. The Morgan fingerprint density at radius 3 is 2.64 bits per heavy atom. The molecule has 2 aliphatic heterocycles. The molecule has 4 aromatic heterocycles. The molecule has 0 aliphatic carbocycles. The average molecular weight is 613 g/mol. The minimum atomic E-state index is -0.360. The third-order valence-electron chi connectivity index (χ3n) is 8.94. The van der Waals surface area contributed by atoms with Crippen molar-refractivity contribution < 1.29 is 4.79 Å². The summed E-state index contributed by atoms with van der Waals surface area (Å²) in [5.74, 6) is 0.526. The van der Waals surface area contributed by atoms with Gasteiger partial charge in [0.05, 0.1) is 36.3 Å². The van der Waals surface area contributed by atoms with Crippen LogP contribution in [0.4, 0.5) is 17.3 Å². The van der Waals surface area contributed by atoms with Crippen LogP contribution in [0.25, 0.3) is 5.65 Å². The topological polar surface area (TPSA) is 128 Å². The molecule has 45 heavy (non-hydrogen) atoms. The third kappa shape index (κ3) is 6.51. The van der Waals surface area contributed by atoms with Crippen LogP contribution < -0.4 is 10.2 Å². The molecule has 1 amide bonds. The Labute approximate surface area is 264 Å². The summed E-state index contributed by atoms with van der Waals surface area (Å²) in [6.45, 7) is 13.0. The molecule has 2 saturated heterocycles. The number of hydrogen-bond donors (Lipinski definition) is 1. The van der Waals surface area contributed by atoms with Crippen molar-refractivity contribution in [2.45, 2.75) is 71.5 Å². The lowest BCUT2D eigenvalue weighted by atomic mass is 9.86. The SMILES string of the molecule is CCc1cnn(C2(CC#N)CN(c3cccn4nc(Nc5cnn(CC(=O)N6CCC(N(C)CC(C)(C)C)CC6)c5)nc34)C2)c1. The summed E-state index contributed by atoms with van der Waals surface area (Å²) in [6.07, 6.45) is 12.6. The number of aromatic nitrogens is 7. The first-order valence-corrected chi connectivity index (χ1v) is 15.8. The van der Waals surface area contributed by atoms with E-state index in [1.165, 1.54) is 0 Å². The molecule has 13 nitrogen and oxygen atoms in total. The van der Waals surface area contributed by atoms with Gasteiger partial charge in [0.25, 0.3) is 0 Å². The molecule has 0 spiro atoms. The summed E-state index contributed by atoms with van der Waals surface area (Å²) in [4.78, 5) is 24.5. The zero-order valence-electron chi connectivity index (χ0n) is 27.0. The number of aryl methyl sites for hydroxylation is 1. The van der Waals surface area contributed by atoms with Gasteiger partial charge in [-0.2, -0.15) is 20.4 Å². The molecule has 6 heterocycles. The number of hydrogen-bond acceptors (Lipinski definition) is 9. The number of rotatable bonds is 10. The van der Waals surface area contributed by atoms with Crippen molar-refractivity contribution in [2.75, 3.05) is 50.0 Å². The van der Waals surface area contributed by atoms with E-state index < -0.39 is 0 Å². The van der Waals surface area contributed by atoms with Gasteiger partial charge in [0.1, 0.15) is 12.1 Å². The number of carbonyl (C=O) groups excluding carboxylic acids is 1. The van der Waals surface area contributed by atoms with Crippen LogP contribution in [0.1, 0.15) is 52.5 Å².